The van der Waals surface area contributed by atoms with Crippen LogP contribution in [0.4, 0.5) is 10.1 Å². The second kappa shape index (κ2) is 9.13. The first kappa shape index (κ1) is 20.2. The lowest BCUT2D eigenvalue weighted by Crippen LogP contribution is -2.46. The Bertz CT molecular complexity index is 1060. The monoisotopic (exact) mass is 408 g/mol. The molecule has 0 N–H and O–H groups in total. The molecule has 2 heterocycles. The largest absolute Gasteiger partial charge is 0.482 e. The van der Waals surface area contributed by atoms with Crippen LogP contribution in [0.3, 0.4) is 0 Å². The highest BCUT2D eigenvalue weighted by Crippen LogP contribution is 2.21. The third kappa shape index (κ3) is 4.71. The van der Waals surface area contributed by atoms with E-state index >= 15 is 0 Å². The van der Waals surface area contributed by atoms with Gasteiger partial charge in [0.25, 0.3) is 0 Å². The van der Waals surface area contributed by atoms with Crippen molar-refractivity contribution < 1.29 is 13.5 Å². The average Bonchev–Trinajstić information content (AvgIpc) is 2.75. The van der Waals surface area contributed by atoms with Crippen molar-refractivity contribution in [1.29, 1.82) is 0 Å². The maximum Gasteiger partial charge on any atom is 0.227 e. The van der Waals surface area contributed by atoms with Gasteiger partial charge in [0.15, 0.2) is 0 Å². The van der Waals surface area contributed by atoms with Gasteiger partial charge in [0.1, 0.15) is 24.4 Å². The fraction of sp³-hybridized carbons (Fsp3) is 0.292. The average molecular weight is 408 g/mol. The Hall–Kier alpha value is -3.12. The van der Waals surface area contributed by atoms with Crippen molar-refractivity contribution in [2.75, 3.05) is 31.1 Å². The van der Waals surface area contributed by atoms with Gasteiger partial charge in [-0.05, 0) is 30.2 Å². The van der Waals surface area contributed by atoms with E-state index in [-0.39, 0.29) is 17.0 Å². The van der Waals surface area contributed by atoms with Gasteiger partial charge in [-0.3, -0.25) is 9.69 Å². The molecule has 5 nitrogen and oxygen atoms in total. The highest BCUT2D eigenvalue weighted by atomic mass is 19.1. The van der Waals surface area contributed by atoms with Crippen molar-refractivity contribution in [3.05, 3.63) is 93.8 Å². The van der Waals surface area contributed by atoms with E-state index in [0.717, 1.165) is 37.3 Å². The first-order valence-electron chi connectivity index (χ1n) is 10.1. The van der Waals surface area contributed by atoms with Crippen molar-refractivity contribution in [2.24, 2.45) is 0 Å². The standard InChI is InChI=1S/C24H25FN2O3/c1-18-6-2-3-7-19(18)16-30-24-17-29-20(14-23(24)28)15-26-10-12-27(13-11-26)22-9-5-4-8-21(22)25/h2-9,14,17H,10-13,15-16H2,1H3. The molecule has 1 aliphatic heterocycles. The second-order valence-electron chi connectivity index (χ2n) is 7.50. The number of halogens is 1. The molecule has 0 saturated carbocycles. The zero-order chi connectivity index (χ0) is 20.9. The van der Waals surface area contributed by atoms with Crippen molar-refractivity contribution in [3.63, 3.8) is 0 Å². The van der Waals surface area contributed by atoms with Crippen LogP contribution in [0.1, 0.15) is 16.9 Å². The van der Waals surface area contributed by atoms with E-state index in [1.165, 1.54) is 18.4 Å². The maximum atomic E-state index is 14.0. The molecule has 156 valence electrons. The molecule has 0 unspecified atom stereocenters. The summed E-state index contributed by atoms with van der Waals surface area (Å²) in [6.45, 7) is 5.86. The summed E-state index contributed by atoms with van der Waals surface area (Å²) < 4.78 is 25.3. The molecule has 0 atom stereocenters. The zero-order valence-electron chi connectivity index (χ0n) is 17.0. The smallest absolute Gasteiger partial charge is 0.227 e. The van der Waals surface area contributed by atoms with E-state index in [0.29, 0.717) is 24.6 Å². The minimum absolute atomic E-state index is 0.185. The summed E-state index contributed by atoms with van der Waals surface area (Å²) in [5, 5.41) is 0. The Morgan fingerprint density at radius 2 is 1.77 bits per heavy atom. The SMILES string of the molecule is Cc1ccccc1COc1coc(CN2CCN(c3ccccc3F)CC2)cc1=O. The fourth-order valence-corrected chi connectivity index (χ4v) is 3.63. The first-order valence-corrected chi connectivity index (χ1v) is 10.1. The summed E-state index contributed by atoms with van der Waals surface area (Å²) in [5.74, 6) is 0.618. The highest BCUT2D eigenvalue weighted by Gasteiger charge is 2.20. The molecule has 1 saturated heterocycles. The van der Waals surface area contributed by atoms with E-state index in [4.69, 9.17) is 9.15 Å². The van der Waals surface area contributed by atoms with Crippen LogP contribution in [0.2, 0.25) is 0 Å². The third-order valence-electron chi connectivity index (χ3n) is 5.44. The number of aryl methyl sites for hydroxylation is 1. The Balaban J connectivity index is 1.32. The third-order valence-corrected chi connectivity index (χ3v) is 5.44. The molecule has 1 aromatic heterocycles. The number of para-hydroxylation sites is 1. The van der Waals surface area contributed by atoms with Crippen LogP contribution >= 0.6 is 0 Å². The number of piperazine rings is 1. The molecular weight excluding hydrogens is 383 g/mol. The lowest BCUT2D eigenvalue weighted by atomic mass is 10.1. The summed E-state index contributed by atoms with van der Waals surface area (Å²) in [4.78, 5) is 16.7. The first-order chi connectivity index (χ1) is 14.6. The van der Waals surface area contributed by atoms with E-state index < -0.39 is 0 Å². The molecule has 0 amide bonds. The van der Waals surface area contributed by atoms with E-state index in [1.54, 1.807) is 12.1 Å². The molecular formula is C24H25FN2O3. The van der Waals surface area contributed by atoms with E-state index in [9.17, 15) is 9.18 Å². The van der Waals surface area contributed by atoms with Gasteiger partial charge in [-0.15, -0.1) is 0 Å². The number of anilines is 1. The molecule has 0 bridgehead atoms. The molecule has 0 aliphatic carbocycles. The second-order valence-corrected chi connectivity index (χ2v) is 7.50. The highest BCUT2D eigenvalue weighted by molar-refractivity contribution is 5.48. The van der Waals surface area contributed by atoms with Gasteiger partial charge in [0, 0.05) is 32.2 Å². The van der Waals surface area contributed by atoms with Crippen molar-refractivity contribution >= 4 is 5.69 Å². The van der Waals surface area contributed by atoms with Crippen LogP contribution in [0.15, 0.2) is 70.1 Å². The summed E-state index contributed by atoms with van der Waals surface area (Å²) in [6, 6.07) is 16.2. The lowest BCUT2D eigenvalue weighted by molar-refractivity contribution is 0.224. The molecule has 4 rings (SSSR count). The van der Waals surface area contributed by atoms with Crippen LogP contribution in [0, 0.1) is 12.7 Å². The molecule has 2 aromatic carbocycles. The molecule has 30 heavy (non-hydrogen) atoms. The van der Waals surface area contributed by atoms with Crippen LogP contribution in [0.25, 0.3) is 0 Å². The van der Waals surface area contributed by atoms with Gasteiger partial charge in [-0.1, -0.05) is 36.4 Å². The van der Waals surface area contributed by atoms with Gasteiger partial charge in [0.05, 0.1) is 12.2 Å². The van der Waals surface area contributed by atoms with E-state index in [2.05, 4.69) is 4.90 Å². The van der Waals surface area contributed by atoms with E-state index in [1.807, 2.05) is 42.2 Å². The molecule has 0 radical (unpaired) electrons. The van der Waals surface area contributed by atoms with Crippen LogP contribution in [-0.2, 0) is 13.2 Å². The molecule has 1 aliphatic rings. The van der Waals surface area contributed by atoms with Gasteiger partial charge in [-0.2, -0.15) is 0 Å². The van der Waals surface area contributed by atoms with Gasteiger partial charge < -0.3 is 14.1 Å². The summed E-state index contributed by atoms with van der Waals surface area (Å²) in [5.41, 5.74) is 2.61. The molecule has 0 spiro atoms. The van der Waals surface area contributed by atoms with Gasteiger partial charge in [0.2, 0.25) is 11.2 Å². The maximum absolute atomic E-state index is 14.0. The number of rotatable bonds is 6. The predicted octanol–water partition coefficient (Wildman–Crippen LogP) is 3.99. The minimum atomic E-state index is -0.196. The number of hydrogen-bond donors (Lipinski definition) is 0. The molecule has 1 fully saturated rings. The van der Waals surface area contributed by atoms with Crippen molar-refractivity contribution in [1.82, 2.24) is 4.90 Å². The number of ether oxygens (including phenoxy) is 1. The summed E-state index contributed by atoms with van der Waals surface area (Å²) in [7, 11) is 0. The Labute approximate surface area is 175 Å². The topological polar surface area (TPSA) is 45.9 Å². The van der Waals surface area contributed by atoms with Gasteiger partial charge >= 0.3 is 0 Å². The van der Waals surface area contributed by atoms with Gasteiger partial charge in [-0.25, -0.2) is 4.39 Å². The number of nitrogens with zero attached hydrogens (tertiary/aromatic N) is 2. The zero-order valence-corrected chi connectivity index (χ0v) is 17.0. The Morgan fingerprint density at radius 1 is 1.03 bits per heavy atom. The Morgan fingerprint density at radius 3 is 2.50 bits per heavy atom. The summed E-state index contributed by atoms with van der Waals surface area (Å²) in [6.07, 6.45) is 1.39. The van der Waals surface area contributed by atoms with Crippen LogP contribution < -0.4 is 15.1 Å². The number of hydrogen-bond acceptors (Lipinski definition) is 5. The van der Waals surface area contributed by atoms with Crippen LogP contribution in [-0.4, -0.2) is 31.1 Å². The number of benzene rings is 2. The van der Waals surface area contributed by atoms with Crippen molar-refractivity contribution in [2.45, 2.75) is 20.1 Å². The quantitative estimate of drug-likeness (QED) is 0.617. The predicted molar refractivity (Wildman–Crippen MR) is 114 cm³/mol. The fourth-order valence-electron chi connectivity index (χ4n) is 3.63. The molecule has 3 aromatic rings. The Kier molecular flexibility index (Phi) is 6.14. The minimum Gasteiger partial charge on any atom is -0.482 e. The summed E-state index contributed by atoms with van der Waals surface area (Å²) >= 11 is 0. The van der Waals surface area contributed by atoms with Crippen molar-refractivity contribution in [3.8, 4) is 5.75 Å². The lowest BCUT2D eigenvalue weighted by Gasteiger charge is -2.35. The molecule has 6 heteroatoms. The van der Waals surface area contributed by atoms with Crippen LogP contribution in [0.5, 0.6) is 5.75 Å². The normalized spacial score (nSPS) is 14.7.